The van der Waals surface area contributed by atoms with Crippen LogP contribution in [0.5, 0.6) is 0 Å². The zero-order valence-corrected chi connectivity index (χ0v) is 31.1. The van der Waals surface area contributed by atoms with Crippen LogP contribution >= 0.6 is 11.3 Å². The maximum atomic E-state index is 5.07. The summed E-state index contributed by atoms with van der Waals surface area (Å²) in [7, 11) is 0. The van der Waals surface area contributed by atoms with Gasteiger partial charge in [0, 0.05) is 36.9 Å². The Kier molecular flexibility index (Phi) is 7.58. The number of hydrogen-bond donors (Lipinski definition) is 0. The molecule has 2 heterocycles. The molecule has 11 rings (SSSR count). The van der Waals surface area contributed by atoms with Crippen molar-refractivity contribution in [3.05, 3.63) is 222 Å². The SMILES string of the molecule is c1ccc(-c2nc(-c3ccccc3)nc(-c3ccccc3-c3ccc4c(c3)sc3cc(C5(c6ccccc6)c6ccccc6-c6ccccc65)ccc34)n2)cc1. The van der Waals surface area contributed by atoms with Crippen LogP contribution in [0.4, 0.5) is 0 Å². The van der Waals surface area contributed by atoms with Gasteiger partial charge in [-0.1, -0.05) is 188 Å². The van der Waals surface area contributed by atoms with E-state index < -0.39 is 5.41 Å². The van der Waals surface area contributed by atoms with Crippen LogP contribution in [-0.4, -0.2) is 15.0 Å². The Morgan fingerprint density at radius 1 is 0.321 bits per heavy atom. The summed E-state index contributed by atoms with van der Waals surface area (Å²) < 4.78 is 2.52. The third-order valence-corrected chi connectivity index (χ3v) is 12.4. The average Bonchev–Trinajstić information content (AvgIpc) is 3.80. The minimum Gasteiger partial charge on any atom is -0.208 e. The van der Waals surface area contributed by atoms with E-state index in [1.54, 1.807) is 0 Å². The number of thiophene rings is 1. The van der Waals surface area contributed by atoms with E-state index in [0.717, 1.165) is 27.8 Å². The largest absolute Gasteiger partial charge is 0.208 e. The van der Waals surface area contributed by atoms with E-state index in [4.69, 9.17) is 15.0 Å². The zero-order chi connectivity index (χ0) is 37.1. The fraction of sp³-hybridized carbons (Fsp3) is 0.0192. The predicted molar refractivity (Wildman–Crippen MR) is 232 cm³/mol. The van der Waals surface area contributed by atoms with E-state index in [1.165, 1.54) is 53.6 Å². The quantitative estimate of drug-likeness (QED) is 0.171. The molecule has 0 saturated heterocycles. The number of rotatable bonds is 6. The molecule has 0 N–H and O–H groups in total. The second kappa shape index (κ2) is 13.1. The number of benzene rings is 8. The highest BCUT2D eigenvalue weighted by molar-refractivity contribution is 7.25. The topological polar surface area (TPSA) is 38.7 Å². The molecule has 0 amide bonds. The van der Waals surface area contributed by atoms with Gasteiger partial charge in [0.2, 0.25) is 0 Å². The Morgan fingerprint density at radius 2 is 0.786 bits per heavy atom. The van der Waals surface area contributed by atoms with Crippen molar-refractivity contribution in [3.63, 3.8) is 0 Å². The molecule has 2 aromatic heterocycles. The van der Waals surface area contributed by atoms with E-state index in [0.29, 0.717) is 17.5 Å². The zero-order valence-electron chi connectivity index (χ0n) is 30.3. The molecule has 1 aliphatic rings. The Hall–Kier alpha value is -7.01. The van der Waals surface area contributed by atoms with Crippen LogP contribution in [0.3, 0.4) is 0 Å². The molecule has 0 saturated carbocycles. The summed E-state index contributed by atoms with van der Waals surface area (Å²) in [4.78, 5) is 15.1. The summed E-state index contributed by atoms with van der Waals surface area (Å²) in [5.74, 6) is 1.96. The molecule has 1 aliphatic carbocycles. The monoisotopic (exact) mass is 731 g/mol. The van der Waals surface area contributed by atoms with Crippen molar-refractivity contribution in [1.29, 1.82) is 0 Å². The average molecular weight is 732 g/mol. The fourth-order valence-electron chi connectivity index (χ4n) is 8.75. The van der Waals surface area contributed by atoms with Gasteiger partial charge < -0.3 is 0 Å². The second-order valence-electron chi connectivity index (χ2n) is 14.3. The minimum absolute atomic E-state index is 0.426. The molecular formula is C52H33N3S. The molecule has 8 aromatic carbocycles. The lowest BCUT2D eigenvalue weighted by molar-refractivity contribution is 0.770. The lowest BCUT2D eigenvalue weighted by atomic mass is 9.67. The van der Waals surface area contributed by atoms with Crippen molar-refractivity contribution in [2.45, 2.75) is 5.41 Å². The van der Waals surface area contributed by atoms with Gasteiger partial charge in [-0.05, 0) is 56.6 Å². The minimum atomic E-state index is -0.426. The van der Waals surface area contributed by atoms with E-state index in [-0.39, 0.29) is 0 Å². The highest BCUT2D eigenvalue weighted by Crippen LogP contribution is 2.56. The predicted octanol–water partition coefficient (Wildman–Crippen LogP) is 13.3. The van der Waals surface area contributed by atoms with Crippen molar-refractivity contribution in [2.24, 2.45) is 0 Å². The molecule has 3 nitrogen and oxygen atoms in total. The molecular weight excluding hydrogens is 699 g/mol. The van der Waals surface area contributed by atoms with Gasteiger partial charge in [0.25, 0.3) is 0 Å². The van der Waals surface area contributed by atoms with Crippen LogP contribution in [0, 0.1) is 0 Å². The van der Waals surface area contributed by atoms with E-state index in [9.17, 15) is 0 Å². The van der Waals surface area contributed by atoms with Crippen molar-refractivity contribution < 1.29 is 0 Å². The molecule has 56 heavy (non-hydrogen) atoms. The first-order chi connectivity index (χ1) is 27.8. The summed E-state index contributed by atoms with van der Waals surface area (Å²) >= 11 is 1.86. The summed E-state index contributed by atoms with van der Waals surface area (Å²) in [5, 5.41) is 2.53. The lowest BCUT2D eigenvalue weighted by Crippen LogP contribution is -2.28. The first-order valence-corrected chi connectivity index (χ1v) is 19.8. The van der Waals surface area contributed by atoms with Crippen LogP contribution in [0.25, 0.3) is 76.6 Å². The van der Waals surface area contributed by atoms with Crippen LogP contribution in [0.2, 0.25) is 0 Å². The molecule has 0 bridgehead atoms. The molecule has 4 heteroatoms. The van der Waals surface area contributed by atoms with E-state index in [1.807, 2.05) is 72.0 Å². The van der Waals surface area contributed by atoms with Crippen molar-refractivity contribution in [1.82, 2.24) is 15.0 Å². The molecule has 0 radical (unpaired) electrons. The third-order valence-electron chi connectivity index (χ3n) is 11.2. The van der Waals surface area contributed by atoms with Gasteiger partial charge in [0.05, 0.1) is 5.41 Å². The molecule has 0 atom stereocenters. The first kappa shape index (κ1) is 32.4. The van der Waals surface area contributed by atoms with Gasteiger partial charge in [0.15, 0.2) is 17.5 Å². The number of aromatic nitrogens is 3. The standard InChI is InChI=1S/C52H33N3S/c1-4-16-34(17-5-1)49-53-50(35-18-6-2-7-19-35)55-51(54-49)44-25-11-10-22-39(44)36-28-30-42-43-31-29-38(33-48(43)56-47(42)32-36)52(37-20-8-3-9-21-37)45-26-14-12-23-40(45)41-24-13-15-27-46(41)52/h1-33H. The van der Waals surface area contributed by atoms with Crippen molar-refractivity contribution >= 4 is 31.5 Å². The van der Waals surface area contributed by atoms with Crippen LogP contribution < -0.4 is 0 Å². The maximum Gasteiger partial charge on any atom is 0.164 e. The molecule has 10 aromatic rings. The number of fused-ring (bicyclic) bond motifs is 6. The summed E-state index contributed by atoms with van der Waals surface area (Å²) in [6.07, 6.45) is 0. The maximum absolute atomic E-state index is 5.07. The number of nitrogens with zero attached hydrogens (tertiary/aromatic N) is 3. The highest BCUT2D eigenvalue weighted by Gasteiger charge is 2.45. The third kappa shape index (κ3) is 5.07. The Labute approximate surface area is 329 Å². The fourth-order valence-corrected chi connectivity index (χ4v) is 9.93. The summed E-state index contributed by atoms with van der Waals surface area (Å²) in [5.41, 5.74) is 12.5. The molecule has 0 fully saturated rings. The van der Waals surface area contributed by atoms with Gasteiger partial charge in [0.1, 0.15) is 0 Å². The van der Waals surface area contributed by atoms with Crippen LogP contribution in [-0.2, 0) is 5.41 Å². The van der Waals surface area contributed by atoms with E-state index in [2.05, 4.69) is 140 Å². The normalized spacial score (nSPS) is 12.8. The van der Waals surface area contributed by atoms with Crippen molar-refractivity contribution in [3.8, 4) is 56.4 Å². The van der Waals surface area contributed by atoms with Crippen LogP contribution in [0.15, 0.2) is 200 Å². The van der Waals surface area contributed by atoms with E-state index >= 15 is 0 Å². The van der Waals surface area contributed by atoms with Gasteiger partial charge in [-0.2, -0.15) is 0 Å². The van der Waals surface area contributed by atoms with Gasteiger partial charge >= 0.3 is 0 Å². The van der Waals surface area contributed by atoms with Gasteiger partial charge in [-0.3, -0.25) is 0 Å². The highest BCUT2D eigenvalue weighted by atomic mass is 32.1. The molecule has 0 aliphatic heterocycles. The molecule has 0 unspecified atom stereocenters. The summed E-state index contributed by atoms with van der Waals surface area (Å²) in [6.45, 7) is 0. The van der Waals surface area contributed by atoms with Crippen molar-refractivity contribution in [2.75, 3.05) is 0 Å². The van der Waals surface area contributed by atoms with Gasteiger partial charge in [-0.25, -0.2) is 15.0 Å². The van der Waals surface area contributed by atoms with Crippen LogP contribution in [0.1, 0.15) is 22.3 Å². The molecule has 0 spiro atoms. The smallest absolute Gasteiger partial charge is 0.164 e. The summed E-state index contributed by atoms with van der Waals surface area (Å²) in [6, 6.07) is 71.6. The Bertz CT molecular complexity index is 2980. The Morgan fingerprint density at radius 3 is 1.39 bits per heavy atom. The Balaban J connectivity index is 1.06. The van der Waals surface area contributed by atoms with Gasteiger partial charge in [-0.15, -0.1) is 11.3 Å². The second-order valence-corrected chi connectivity index (χ2v) is 15.4. The first-order valence-electron chi connectivity index (χ1n) is 18.9. The number of hydrogen-bond acceptors (Lipinski definition) is 4. The molecule has 262 valence electrons. The lowest BCUT2D eigenvalue weighted by Gasteiger charge is -2.33.